The van der Waals surface area contributed by atoms with Crippen LogP contribution in [-0.4, -0.2) is 24.4 Å². The van der Waals surface area contributed by atoms with Gasteiger partial charge in [0, 0.05) is 30.8 Å². The van der Waals surface area contributed by atoms with E-state index >= 15 is 0 Å². The molecule has 0 aliphatic heterocycles. The minimum absolute atomic E-state index is 0.107. The summed E-state index contributed by atoms with van der Waals surface area (Å²) in [6.45, 7) is 0.107. The first kappa shape index (κ1) is 14.2. The summed E-state index contributed by atoms with van der Waals surface area (Å²) in [5.41, 5.74) is 5.15. The molecule has 0 atom stereocenters. The molecule has 0 spiro atoms. The van der Waals surface area contributed by atoms with Crippen molar-refractivity contribution in [2.45, 2.75) is 25.3 Å². The number of carbonyl (C=O) groups excluding carboxylic acids is 2. The molecule has 108 valence electrons. The van der Waals surface area contributed by atoms with Crippen LogP contribution >= 0.6 is 0 Å². The molecule has 0 saturated heterocycles. The normalized spacial score (nSPS) is 13.9. The first-order chi connectivity index (χ1) is 9.47. The van der Waals surface area contributed by atoms with Gasteiger partial charge in [0.1, 0.15) is 0 Å². The molecule has 2 rings (SSSR count). The average Bonchev–Trinajstić information content (AvgIpc) is 3.17. The van der Waals surface area contributed by atoms with Crippen molar-refractivity contribution in [3.8, 4) is 0 Å². The Hall–Kier alpha value is -2.18. The zero-order valence-electron chi connectivity index (χ0n) is 10.7. The van der Waals surface area contributed by atoms with E-state index in [0.29, 0.717) is 0 Å². The maximum atomic E-state index is 13.0. The van der Waals surface area contributed by atoms with Gasteiger partial charge >= 0.3 is 0 Å². The zero-order valence-corrected chi connectivity index (χ0v) is 10.7. The van der Waals surface area contributed by atoms with E-state index in [9.17, 15) is 18.4 Å². The molecule has 1 saturated carbocycles. The molecule has 0 aromatic heterocycles. The van der Waals surface area contributed by atoms with E-state index in [0.717, 1.165) is 25.0 Å². The van der Waals surface area contributed by atoms with Crippen molar-refractivity contribution < 1.29 is 18.4 Å². The SMILES string of the molecule is Nc1cc(F)c(F)cc1C(=O)NCCC(=O)NC1CC1. The molecule has 1 fully saturated rings. The number of rotatable bonds is 5. The number of nitrogens with two attached hydrogens (primary N) is 1. The van der Waals surface area contributed by atoms with Crippen LogP contribution in [0.25, 0.3) is 0 Å². The van der Waals surface area contributed by atoms with Crippen LogP contribution in [-0.2, 0) is 4.79 Å². The molecule has 1 aliphatic rings. The summed E-state index contributed by atoms with van der Waals surface area (Å²) in [7, 11) is 0. The molecule has 1 aliphatic carbocycles. The van der Waals surface area contributed by atoms with Crippen molar-refractivity contribution in [1.82, 2.24) is 10.6 Å². The van der Waals surface area contributed by atoms with E-state index in [4.69, 9.17) is 5.73 Å². The number of halogens is 2. The highest BCUT2D eigenvalue weighted by molar-refractivity contribution is 5.99. The fourth-order valence-electron chi connectivity index (χ4n) is 1.67. The van der Waals surface area contributed by atoms with Crippen molar-refractivity contribution in [3.05, 3.63) is 29.3 Å². The average molecular weight is 283 g/mol. The smallest absolute Gasteiger partial charge is 0.253 e. The molecular weight excluding hydrogens is 268 g/mol. The lowest BCUT2D eigenvalue weighted by atomic mass is 10.1. The zero-order chi connectivity index (χ0) is 14.7. The monoisotopic (exact) mass is 283 g/mol. The fourth-order valence-corrected chi connectivity index (χ4v) is 1.67. The van der Waals surface area contributed by atoms with Crippen LogP contribution in [0.1, 0.15) is 29.6 Å². The van der Waals surface area contributed by atoms with E-state index in [2.05, 4.69) is 10.6 Å². The second kappa shape index (κ2) is 5.85. The van der Waals surface area contributed by atoms with E-state index < -0.39 is 17.5 Å². The Morgan fingerprint density at radius 1 is 1.25 bits per heavy atom. The predicted octanol–water partition coefficient (Wildman–Crippen LogP) is 0.945. The predicted molar refractivity (Wildman–Crippen MR) is 68.9 cm³/mol. The number of hydrogen-bond acceptors (Lipinski definition) is 3. The topological polar surface area (TPSA) is 84.2 Å². The van der Waals surface area contributed by atoms with Crippen molar-refractivity contribution in [2.24, 2.45) is 0 Å². The van der Waals surface area contributed by atoms with Gasteiger partial charge < -0.3 is 16.4 Å². The van der Waals surface area contributed by atoms with Gasteiger partial charge in [-0.05, 0) is 18.9 Å². The number of nitrogen functional groups attached to an aromatic ring is 1. The van der Waals surface area contributed by atoms with Gasteiger partial charge in [-0.25, -0.2) is 8.78 Å². The standard InChI is InChI=1S/C13H15F2N3O2/c14-9-5-8(11(16)6-10(9)15)13(20)17-4-3-12(19)18-7-1-2-7/h5-7H,1-4,16H2,(H,17,20)(H,18,19). The van der Waals surface area contributed by atoms with Crippen molar-refractivity contribution in [3.63, 3.8) is 0 Å². The van der Waals surface area contributed by atoms with Crippen LogP contribution in [0.4, 0.5) is 14.5 Å². The molecule has 20 heavy (non-hydrogen) atoms. The summed E-state index contributed by atoms with van der Waals surface area (Å²) < 4.78 is 25.9. The highest BCUT2D eigenvalue weighted by Crippen LogP contribution is 2.18. The maximum Gasteiger partial charge on any atom is 0.253 e. The number of nitrogens with one attached hydrogen (secondary N) is 2. The molecule has 0 bridgehead atoms. The van der Waals surface area contributed by atoms with E-state index in [-0.39, 0.29) is 36.2 Å². The van der Waals surface area contributed by atoms with E-state index in [1.54, 1.807) is 0 Å². The first-order valence-electron chi connectivity index (χ1n) is 6.29. The van der Waals surface area contributed by atoms with Crippen molar-refractivity contribution in [2.75, 3.05) is 12.3 Å². The van der Waals surface area contributed by atoms with Crippen molar-refractivity contribution in [1.29, 1.82) is 0 Å². The molecule has 2 amide bonds. The third kappa shape index (κ3) is 3.66. The Morgan fingerprint density at radius 2 is 1.90 bits per heavy atom. The summed E-state index contributed by atoms with van der Waals surface area (Å²) in [5.74, 6) is -3.04. The summed E-state index contributed by atoms with van der Waals surface area (Å²) >= 11 is 0. The first-order valence-corrected chi connectivity index (χ1v) is 6.29. The molecule has 0 radical (unpaired) electrons. The highest BCUT2D eigenvalue weighted by atomic mass is 19.2. The van der Waals surface area contributed by atoms with Crippen molar-refractivity contribution >= 4 is 17.5 Å². The second-order valence-corrected chi connectivity index (χ2v) is 4.70. The lowest BCUT2D eigenvalue weighted by Gasteiger charge is -2.08. The molecule has 1 aromatic rings. The van der Waals surface area contributed by atoms with Gasteiger partial charge in [-0.1, -0.05) is 0 Å². The van der Waals surface area contributed by atoms with E-state index in [1.807, 2.05) is 0 Å². The molecule has 1 aromatic carbocycles. The molecule has 0 heterocycles. The quantitative estimate of drug-likeness (QED) is 0.703. The Kier molecular flexibility index (Phi) is 4.16. The van der Waals surface area contributed by atoms with Crippen LogP contribution in [0.15, 0.2) is 12.1 Å². The second-order valence-electron chi connectivity index (χ2n) is 4.70. The fraction of sp³-hybridized carbons (Fsp3) is 0.385. The molecule has 4 N–H and O–H groups in total. The summed E-state index contributed by atoms with van der Waals surface area (Å²) in [6.07, 6.45) is 2.11. The Balaban J connectivity index is 1.85. The van der Waals surface area contributed by atoms with Crippen LogP contribution in [0, 0.1) is 11.6 Å². The van der Waals surface area contributed by atoms with Gasteiger partial charge in [0.25, 0.3) is 5.91 Å². The number of benzene rings is 1. The Labute approximate surface area is 114 Å². The van der Waals surface area contributed by atoms with Gasteiger partial charge in [0.05, 0.1) is 5.56 Å². The van der Waals surface area contributed by atoms with Crippen LogP contribution in [0.2, 0.25) is 0 Å². The minimum atomic E-state index is -1.14. The Morgan fingerprint density at radius 3 is 2.55 bits per heavy atom. The maximum absolute atomic E-state index is 13.0. The highest BCUT2D eigenvalue weighted by Gasteiger charge is 2.23. The van der Waals surface area contributed by atoms with Crippen LogP contribution < -0.4 is 16.4 Å². The van der Waals surface area contributed by atoms with Crippen LogP contribution in [0.5, 0.6) is 0 Å². The molecule has 7 heteroatoms. The summed E-state index contributed by atoms with van der Waals surface area (Å²) in [6, 6.07) is 1.76. The van der Waals surface area contributed by atoms with Gasteiger partial charge in [0.2, 0.25) is 5.91 Å². The summed E-state index contributed by atoms with van der Waals surface area (Å²) in [5, 5.41) is 5.21. The Bertz CT molecular complexity index is 545. The third-order valence-corrected chi connectivity index (χ3v) is 2.92. The lowest BCUT2D eigenvalue weighted by molar-refractivity contribution is -0.121. The van der Waals surface area contributed by atoms with Gasteiger partial charge in [0.15, 0.2) is 11.6 Å². The van der Waals surface area contributed by atoms with E-state index in [1.165, 1.54) is 0 Å². The van der Waals surface area contributed by atoms with Gasteiger partial charge in [-0.15, -0.1) is 0 Å². The lowest BCUT2D eigenvalue weighted by Crippen LogP contribution is -2.32. The van der Waals surface area contributed by atoms with Gasteiger partial charge in [-0.2, -0.15) is 0 Å². The molecular formula is C13H15F2N3O2. The summed E-state index contributed by atoms with van der Waals surface area (Å²) in [4.78, 5) is 23.1. The number of carbonyl (C=O) groups is 2. The van der Waals surface area contributed by atoms with Crippen LogP contribution in [0.3, 0.4) is 0 Å². The molecule has 5 nitrogen and oxygen atoms in total. The largest absolute Gasteiger partial charge is 0.398 e. The van der Waals surface area contributed by atoms with Gasteiger partial charge in [-0.3, -0.25) is 9.59 Å². The number of anilines is 1. The minimum Gasteiger partial charge on any atom is -0.398 e. The number of hydrogen-bond donors (Lipinski definition) is 3. The third-order valence-electron chi connectivity index (χ3n) is 2.92. The molecule has 0 unspecified atom stereocenters. The number of amides is 2.